The van der Waals surface area contributed by atoms with Gasteiger partial charge in [-0.2, -0.15) is 0 Å². The zero-order valence-corrected chi connectivity index (χ0v) is 12.0. The maximum atomic E-state index is 11.0. The Morgan fingerprint density at radius 2 is 2.20 bits per heavy atom. The lowest BCUT2D eigenvalue weighted by Crippen LogP contribution is -2.28. The number of carboxylic acid groups (broad SMARTS) is 1. The first-order chi connectivity index (χ1) is 9.35. The van der Waals surface area contributed by atoms with Gasteiger partial charge in [0.25, 0.3) is 0 Å². The number of carboxylic acids is 1. The number of carbonyl (C=O) groups is 1. The molecule has 1 atom stereocenters. The molecule has 108 valence electrons. The first kappa shape index (κ1) is 14.4. The second-order valence-corrected chi connectivity index (χ2v) is 6.20. The smallest absolute Gasteiger partial charge is 0.305 e. The van der Waals surface area contributed by atoms with Crippen molar-refractivity contribution in [1.29, 1.82) is 0 Å². The van der Waals surface area contributed by atoms with E-state index in [4.69, 9.17) is 9.52 Å². The van der Waals surface area contributed by atoms with Gasteiger partial charge in [0.05, 0.1) is 18.1 Å². The summed E-state index contributed by atoms with van der Waals surface area (Å²) in [5.74, 6) is -0.141. The van der Waals surface area contributed by atoms with Crippen LogP contribution in [0.3, 0.4) is 0 Å². The van der Waals surface area contributed by atoms with Gasteiger partial charge in [0.15, 0.2) is 0 Å². The highest BCUT2D eigenvalue weighted by Gasteiger charge is 2.22. The summed E-state index contributed by atoms with van der Waals surface area (Å²) in [5.41, 5.74) is 0.782. The highest BCUT2D eigenvalue weighted by Crippen LogP contribution is 2.27. The molecule has 0 fully saturated rings. The third-order valence-corrected chi connectivity index (χ3v) is 3.00. The molecule has 1 unspecified atom stereocenters. The molecular formula is C15H20N2O3. The van der Waals surface area contributed by atoms with Crippen molar-refractivity contribution in [2.24, 2.45) is 5.41 Å². The number of anilines is 1. The molecule has 0 bridgehead atoms. The predicted octanol–water partition coefficient (Wildman–Crippen LogP) is 3.52. The van der Waals surface area contributed by atoms with Crippen LogP contribution in [-0.2, 0) is 4.79 Å². The third kappa shape index (κ3) is 3.73. The van der Waals surface area contributed by atoms with Crippen LogP contribution < -0.4 is 5.32 Å². The van der Waals surface area contributed by atoms with Crippen LogP contribution in [0.15, 0.2) is 29.0 Å². The summed E-state index contributed by atoms with van der Waals surface area (Å²) in [7, 11) is 0. The normalized spacial score (nSPS) is 13.3. The van der Waals surface area contributed by atoms with Gasteiger partial charge in [-0.3, -0.25) is 4.79 Å². The molecule has 2 N–H and O–H groups in total. The Morgan fingerprint density at radius 1 is 1.45 bits per heavy atom. The van der Waals surface area contributed by atoms with E-state index in [1.54, 1.807) is 18.5 Å². The van der Waals surface area contributed by atoms with Gasteiger partial charge >= 0.3 is 5.97 Å². The lowest BCUT2D eigenvalue weighted by atomic mass is 9.87. The zero-order valence-electron chi connectivity index (χ0n) is 12.0. The molecule has 2 aromatic heterocycles. The lowest BCUT2D eigenvalue weighted by Gasteiger charge is -2.26. The van der Waals surface area contributed by atoms with Crippen molar-refractivity contribution in [3.8, 4) is 0 Å². The van der Waals surface area contributed by atoms with E-state index in [2.05, 4.69) is 31.1 Å². The van der Waals surface area contributed by atoms with E-state index >= 15 is 0 Å². The van der Waals surface area contributed by atoms with Gasteiger partial charge in [-0.25, -0.2) is 4.98 Å². The Bertz CT molecular complexity index is 598. The molecule has 5 heteroatoms. The molecule has 0 amide bonds. The van der Waals surface area contributed by atoms with E-state index in [9.17, 15) is 4.79 Å². The van der Waals surface area contributed by atoms with Crippen molar-refractivity contribution in [2.75, 3.05) is 5.32 Å². The minimum atomic E-state index is -0.814. The number of aromatic nitrogens is 1. The van der Waals surface area contributed by atoms with Crippen molar-refractivity contribution in [2.45, 2.75) is 39.7 Å². The van der Waals surface area contributed by atoms with Gasteiger partial charge in [0, 0.05) is 12.2 Å². The molecule has 0 aromatic carbocycles. The van der Waals surface area contributed by atoms with E-state index in [0.717, 1.165) is 17.4 Å². The fourth-order valence-corrected chi connectivity index (χ4v) is 2.33. The molecule has 0 spiro atoms. The van der Waals surface area contributed by atoms with Gasteiger partial charge in [-0.05, 0) is 24.0 Å². The predicted molar refractivity (Wildman–Crippen MR) is 77.7 cm³/mol. The Labute approximate surface area is 118 Å². The van der Waals surface area contributed by atoms with Gasteiger partial charge in [0.1, 0.15) is 11.4 Å². The molecule has 0 aliphatic heterocycles. The number of hydrogen-bond donors (Lipinski definition) is 2. The van der Waals surface area contributed by atoms with Crippen molar-refractivity contribution >= 4 is 22.8 Å². The second kappa shape index (κ2) is 5.53. The number of hydrogen-bond acceptors (Lipinski definition) is 4. The van der Waals surface area contributed by atoms with E-state index in [1.165, 1.54) is 0 Å². The summed E-state index contributed by atoms with van der Waals surface area (Å²) in [5, 5.41) is 13.2. The van der Waals surface area contributed by atoms with Gasteiger partial charge in [0.2, 0.25) is 0 Å². The number of fused-ring (bicyclic) bond motifs is 1. The van der Waals surface area contributed by atoms with Crippen LogP contribution in [0.2, 0.25) is 0 Å². The summed E-state index contributed by atoms with van der Waals surface area (Å²) in [6, 6.07) is 3.45. The quantitative estimate of drug-likeness (QED) is 0.873. The van der Waals surface area contributed by atoms with E-state index < -0.39 is 5.97 Å². The van der Waals surface area contributed by atoms with E-state index in [1.807, 2.05) is 6.07 Å². The average Bonchev–Trinajstić information content (AvgIpc) is 2.74. The SMILES string of the molecule is CC(C)(C)CC(CC(=O)O)Nc1nccc2occc12. The number of nitrogens with one attached hydrogen (secondary N) is 1. The Morgan fingerprint density at radius 3 is 2.85 bits per heavy atom. The number of furan rings is 1. The summed E-state index contributed by atoms with van der Waals surface area (Å²) < 4.78 is 5.33. The van der Waals surface area contributed by atoms with Crippen molar-refractivity contribution in [3.63, 3.8) is 0 Å². The Balaban J connectivity index is 2.22. The average molecular weight is 276 g/mol. The van der Waals surface area contributed by atoms with Crippen LogP contribution in [0.1, 0.15) is 33.6 Å². The summed E-state index contributed by atoms with van der Waals surface area (Å²) in [4.78, 5) is 15.3. The second-order valence-electron chi connectivity index (χ2n) is 6.20. The molecule has 0 saturated heterocycles. The van der Waals surface area contributed by atoms with Crippen molar-refractivity contribution in [1.82, 2.24) is 4.98 Å². The molecule has 2 aromatic rings. The first-order valence-electron chi connectivity index (χ1n) is 6.66. The number of rotatable bonds is 5. The van der Waals surface area contributed by atoms with Crippen LogP contribution in [0.5, 0.6) is 0 Å². The van der Waals surface area contributed by atoms with Crippen LogP contribution in [0, 0.1) is 5.41 Å². The molecule has 20 heavy (non-hydrogen) atoms. The molecule has 5 nitrogen and oxygen atoms in total. The molecular weight excluding hydrogens is 256 g/mol. The van der Waals surface area contributed by atoms with Crippen molar-refractivity contribution in [3.05, 3.63) is 24.6 Å². The minimum Gasteiger partial charge on any atom is -0.481 e. The first-order valence-corrected chi connectivity index (χ1v) is 6.66. The topological polar surface area (TPSA) is 75.4 Å². The summed E-state index contributed by atoms with van der Waals surface area (Å²) in [6.45, 7) is 6.28. The third-order valence-electron chi connectivity index (χ3n) is 3.00. The van der Waals surface area contributed by atoms with Gasteiger partial charge < -0.3 is 14.8 Å². The Hall–Kier alpha value is -2.04. The monoisotopic (exact) mass is 276 g/mol. The fourth-order valence-electron chi connectivity index (χ4n) is 2.33. The number of aliphatic carboxylic acids is 1. The summed E-state index contributed by atoms with van der Waals surface area (Å²) >= 11 is 0. The maximum absolute atomic E-state index is 11.0. The standard InChI is InChI=1S/C15H20N2O3/c1-15(2,3)9-10(8-13(18)19)17-14-11-5-7-20-12(11)4-6-16-14/h4-7,10H,8-9H2,1-3H3,(H,16,17)(H,18,19). The fraction of sp³-hybridized carbons (Fsp3) is 0.467. The summed E-state index contributed by atoms with van der Waals surface area (Å²) in [6.07, 6.45) is 4.07. The van der Waals surface area contributed by atoms with E-state index in [-0.39, 0.29) is 17.9 Å². The van der Waals surface area contributed by atoms with Gasteiger partial charge in [-0.15, -0.1) is 0 Å². The Kier molecular flexibility index (Phi) is 3.97. The highest BCUT2D eigenvalue weighted by molar-refractivity contribution is 5.88. The van der Waals surface area contributed by atoms with Crippen LogP contribution in [0.25, 0.3) is 11.0 Å². The van der Waals surface area contributed by atoms with Crippen molar-refractivity contribution < 1.29 is 14.3 Å². The zero-order chi connectivity index (χ0) is 14.8. The molecule has 0 aliphatic carbocycles. The largest absolute Gasteiger partial charge is 0.481 e. The minimum absolute atomic E-state index is 0.0391. The molecule has 0 saturated carbocycles. The number of nitrogens with zero attached hydrogens (tertiary/aromatic N) is 1. The maximum Gasteiger partial charge on any atom is 0.305 e. The van der Waals surface area contributed by atoms with Crippen LogP contribution in [0.4, 0.5) is 5.82 Å². The molecule has 0 aliphatic rings. The number of pyridine rings is 1. The highest BCUT2D eigenvalue weighted by atomic mass is 16.4. The molecule has 2 heterocycles. The van der Waals surface area contributed by atoms with Crippen LogP contribution >= 0.6 is 0 Å². The molecule has 0 radical (unpaired) electrons. The lowest BCUT2D eigenvalue weighted by molar-refractivity contribution is -0.137. The van der Waals surface area contributed by atoms with Crippen LogP contribution in [-0.4, -0.2) is 22.1 Å². The van der Waals surface area contributed by atoms with E-state index in [0.29, 0.717) is 5.82 Å². The van der Waals surface area contributed by atoms with Gasteiger partial charge in [-0.1, -0.05) is 20.8 Å². The molecule has 2 rings (SSSR count).